The van der Waals surface area contributed by atoms with Crippen molar-refractivity contribution in [3.63, 3.8) is 0 Å². The normalized spacial score (nSPS) is 10.3. The van der Waals surface area contributed by atoms with E-state index in [9.17, 15) is 4.79 Å². The second kappa shape index (κ2) is 4.49. The third-order valence-electron chi connectivity index (χ3n) is 2.22. The summed E-state index contributed by atoms with van der Waals surface area (Å²) in [6.07, 6.45) is 1.59. The number of nitrogens with zero attached hydrogens (tertiary/aromatic N) is 2. The van der Waals surface area contributed by atoms with Crippen molar-refractivity contribution in [2.24, 2.45) is 5.73 Å². The van der Waals surface area contributed by atoms with E-state index in [0.29, 0.717) is 16.8 Å². The van der Waals surface area contributed by atoms with Crippen molar-refractivity contribution in [1.82, 2.24) is 9.55 Å². The molecule has 0 aliphatic heterocycles. The predicted octanol–water partition coefficient (Wildman–Crippen LogP) is 1.79. The van der Waals surface area contributed by atoms with Gasteiger partial charge in [0.2, 0.25) is 0 Å². The summed E-state index contributed by atoms with van der Waals surface area (Å²) in [4.78, 5) is 15.2. The van der Waals surface area contributed by atoms with E-state index in [1.165, 1.54) is 0 Å². The summed E-state index contributed by atoms with van der Waals surface area (Å²) in [6, 6.07) is 9.82. The molecule has 0 bridgehead atoms. The zero-order chi connectivity index (χ0) is 11.5. The molecule has 2 aromatic rings. The van der Waals surface area contributed by atoms with Crippen LogP contribution in [0.25, 0.3) is 0 Å². The van der Waals surface area contributed by atoms with Crippen molar-refractivity contribution in [3.8, 4) is 0 Å². The molecule has 0 unspecified atom stereocenters. The van der Waals surface area contributed by atoms with E-state index in [2.05, 4.69) is 20.9 Å². The van der Waals surface area contributed by atoms with E-state index in [1.54, 1.807) is 10.9 Å². The molecule has 1 aromatic heterocycles. The van der Waals surface area contributed by atoms with Gasteiger partial charge in [-0.1, -0.05) is 30.3 Å². The quantitative estimate of drug-likeness (QED) is 0.931. The maximum atomic E-state index is 11.2. The fraction of sp³-hybridized carbons (Fsp3) is 0.0909. The van der Waals surface area contributed by atoms with Crippen LogP contribution >= 0.6 is 15.9 Å². The lowest BCUT2D eigenvalue weighted by molar-refractivity contribution is 0.0991. The Balaban J connectivity index is 2.32. The van der Waals surface area contributed by atoms with Gasteiger partial charge >= 0.3 is 0 Å². The molecule has 0 fully saturated rings. The zero-order valence-corrected chi connectivity index (χ0v) is 10.0. The molecule has 1 amide bonds. The van der Waals surface area contributed by atoms with Crippen LogP contribution < -0.4 is 5.73 Å². The van der Waals surface area contributed by atoms with Gasteiger partial charge in [0.1, 0.15) is 10.3 Å². The van der Waals surface area contributed by atoms with E-state index in [-0.39, 0.29) is 0 Å². The summed E-state index contributed by atoms with van der Waals surface area (Å²) >= 11 is 3.20. The van der Waals surface area contributed by atoms with Gasteiger partial charge in [-0.15, -0.1) is 0 Å². The van der Waals surface area contributed by atoms with Crippen molar-refractivity contribution in [2.45, 2.75) is 6.54 Å². The van der Waals surface area contributed by atoms with Crippen LogP contribution in [-0.4, -0.2) is 15.5 Å². The lowest BCUT2D eigenvalue weighted by atomic mass is 10.2. The Hall–Kier alpha value is -1.62. The summed E-state index contributed by atoms with van der Waals surface area (Å²) in [6.45, 7) is 0.581. The first kappa shape index (κ1) is 10.9. The van der Waals surface area contributed by atoms with Crippen molar-refractivity contribution >= 4 is 21.8 Å². The first-order chi connectivity index (χ1) is 7.68. The van der Waals surface area contributed by atoms with E-state index in [1.807, 2.05) is 30.3 Å². The molecule has 1 aromatic carbocycles. The van der Waals surface area contributed by atoms with Crippen LogP contribution in [0, 0.1) is 0 Å². The second-order valence-electron chi connectivity index (χ2n) is 3.36. The number of imidazole rings is 1. The Kier molecular flexibility index (Phi) is 3.05. The lowest BCUT2D eigenvalue weighted by Crippen LogP contribution is -2.17. The van der Waals surface area contributed by atoms with Crippen LogP contribution in [-0.2, 0) is 6.54 Å². The van der Waals surface area contributed by atoms with Crippen molar-refractivity contribution in [3.05, 3.63) is 52.5 Å². The highest BCUT2D eigenvalue weighted by Gasteiger charge is 2.13. The number of rotatable bonds is 3. The fourth-order valence-electron chi connectivity index (χ4n) is 1.50. The molecular formula is C11H10BrN3O. The third kappa shape index (κ3) is 2.14. The highest BCUT2D eigenvalue weighted by atomic mass is 79.9. The first-order valence-electron chi connectivity index (χ1n) is 4.73. The van der Waals surface area contributed by atoms with Crippen LogP contribution in [0.15, 0.2) is 41.3 Å². The fourth-order valence-corrected chi connectivity index (χ4v) is 2.02. The smallest absolute Gasteiger partial charge is 0.268 e. The number of nitrogens with two attached hydrogens (primary N) is 1. The maximum Gasteiger partial charge on any atom is 0.268 e. The highest BCUT2D eigenvalue weighted by Crippen LogP contribution is 2.15. The van der Waals surface area contributed by atoms with E-state index in [4.69, 9.17) is 5.73 Å². The minimum atomic E-state index is -0.486. The third-order valence-corrected chi connectivity index (χ3v) is 2.80. The average molecular weight is 280 g/mol. The number of hydrogen-bond donors (Lipinski definition) is 1. The van der Waals surface area contributed by atoms with Gasteiger partial charge in [0.15, 0.2) is 0 Å². The van der Waals surface area contributed by atoms with Crippen LogP contribution in [0.5, 0.6) is 0 Å². The SMILES string of the molecule is NC(=O)c1c(Br)ncn1Cc1ccccc1. The number of benzene rings is 1. The molecule has 0 saturated carbocycles. The van der Waals surface area contributed by atoms with Gasteiger partial charge in [0, 0.05) is 6.54 Å². The monoisotopic (exact) mass is 279 g/mol. The molecular weight excluding hydrogens is 270 g/mol. The van der Waals surface area contributed by atoms with Gasteiger partial charge in [-0.25, -0.2) is 4.98 Å². The van der Waals surface area contributed by atoms with Crippen molar-refractivity contribution in [2.75, 3.05) is 0 Å². The molecule has 0 aliphatic rings. The number of aromatic nitrogens is 2. The summed E-state index contributed by atoms with van der Waals surface area (Å²) in [7, 11) is 0. The standard InChI is InChI=1S/C11H10BrN3O/c12-10-9(11(13)16)15(7-14-10)6-8-4-2-1-3-5-8/h1-5,7H,6H2,(H2,13,16). The van der Waals surface area contributed by atoms with Gasteiger partial charge in [-0.05, 0) is 21.5 Å². The van der Waals surface area contributed by atoms with Crippen molar-refractivity contribution < 1.29 is 4.79 Å². The summed E-state index contributed by atoms with van der Waals surface area (Å²) in [5, 5.41) is 0. The minimum absolute atomic E-state index is 0.392. The molecule has 16 heavy (non-hydrogen) atoms. The summed E-state index contributed by atoms with van der Waals surface area (Å²) in [5.41, 5.74) is 6.77. The number of carbonyl (C=O) groups excluding carboxylic acids is 1. The topological polar surface area (TPSA) is 60.9 Å². The summed E-state index contributed by atoms with van der Waals surface area (Å²) < 4.78 is 2.21. The van der Waals surface area contributed by atoms with E-state index >= 15 is 0 Å². The van der Waals surface area contributed by atoms with Gasteiger partial charge in [-0.2, -0.15) is 0 Å². The van der Waals surface area contributed by atoms with Crippen LogP contribution in [0.4, 0.5) is 0 Å². The molecule has 0 aliphatic carbocycles. The number of carbonyl (C=O) groups is 1. The Morgan fingerprint density at radius 2 is 2.06 bits per heavy atom. The second-order valence-corrected chi connectivity index (χ2v) is 4.11. The van der Waals surface area contributed by atoms with Gasteiger partial charge < -0.3 is 10.3 Å². The molecule has 2 N–H and O–H groups in total. The maximum absolute atomic E-state index is 11.2. The molecule has 1 heterocycles. The van der Waals surface area contributed by atoms with E-state index < -0.39 is 5.91 Å². The Bertz CT molecular complexity index is 507. The van der Waals surface area contributed by atoms with E-state index in [0.717, 1.165) is 5.56 Å². The molecule has 5 heteroatoms. The first-order valence-corrected chi connectivity index (χ1v) is 5.52. The largest absolute Gasteiger partial charge is 0.364 e. The Morgan fingerprint density at radius 1 is 1.38 bits per heavy atom. The van der Waals surface area contributed by atoms with Gasteiger partial charge in [-0.3, -0.25) is 4.79 Å². The number of halogens is 1. The Labute approximate surface area is 101 Å². The average Bonchev–Trinajstić information content (AvgIpc) is 2.61. The molecule has 0 saturated heterocycles. The summed E-state index contributed by atoms with van der Waals surface area (Å²) in [5.74, 6) is -0.486. The van der Waals surface area contributed by atoms with Crippen LogP contribution in [0.1, 0.15) is 16.1 Å². The minimum Gasteiger partial charge on any atom is -0.364 e. The van der Waals surface area contributed by atoms with Crippen LogP contribution in [0.3, 0.4) is 0 Å². The molecule has 0 atom stereocenters. The molecule has 82 valence electrons. The number of amides is 1. The number of primary amides is 1. The molecule has 0 spiro atoms. The number of hydrogen-bond acceptors (Lipinski definition) is 2. The van der Waals surface area contributed by atoms with Crippen LogP contribution in [0.2, 0.25) is 0 Å². The highest BCUT2D eigenvalue weighted by molar-refractivity contribution is 9.10. The van der Waals surface area contributed by atoms with Gasteiger partial charge in [0.25, 0.3) is 5.91 Å². The molecule has 4 nitrogen and oxygen atoms in total. The van der Waals surface area contributed by atoms with Gasteiger partial charge in [0.05, 0.1) is 6.33 Å². The molecule has 2 rings (SSSR count). The lowest BCUT2D eigenvalue weighted by Gasteiger charge is -2.05. The molecule has 0 radical (unpaired) electrons. The van der Waals surface area contributed by atoms with Crippen molar-refractivity contribution in [1.29, 1.82) is 0 Å². The Morgan fingerprint density at radius 3 is 2.69 bits per heavy atom. The predicted molar refractivity (Wildman–Crippen MR) is 64.0 cm³/mol. The zero-order valence-electron chi connectivity index (χ0n) is 8.43.